The standard InChI is InChI=1S/C12H11F3N2O2/c13-12(14,15)8-2-1-3-10(4-8)18-7-11-5-9(6-16)17-19-11/h1-5H,6-7,16H2. The van der Waals surface area contributed by atoms with E-state index in [9.17, 15) is 13.2 Å². The van der Waals surface area contributed by atoms with Crippen LogP contribution in [0.4, 0.5) is 13.2 Å². The molecule has 0 saturated heterocycles. The number of nitrogens with zero attached hydrogens (tertiary/aromatic N) is 1. The van der Waals surface area contributed by atoms with Crippen LogP contribution in [0.3, 0.4) is 0 Å². The second-order valence-corrected chi connectivity index (χ2v) is 3.80. The molecule has 0 aliphatic carbocycles. The van der Waals surface area contributed by atoms with Crippen LogP contribution < -0.4 is 10.5 Å². The van der Waals surface area contributed by atoms with Gasteiger partial charge >= 0.3 is 6.18 Å². The van der Waals surface area contributed by atoms with Crippen LogP contribution in [0.2, 0.25) is 0 Å². The van der Waals surface area contributed by atoms with Crippen LogP contribution in [-0.2, 0) is 19.3 Å². The van der Waals surface area contributed by atoms with E-state index in [1.807, 2.05) is 0 Å². The third-order valence-electron chi connectivity index (χ3n) is 2.36. The quantitative estimate of drug-likeness (QED) is 0.929. The largest absolute Gasteiger partial charge is 0.486 e. The number of halogens is 3. The summed E-state index contributed by atoms with van der Waals surface area (Å²) >= 11 is 0. The van der Waals surface area contributed by atoms with Gasteiger partial charge in [0.05, 0.1) is 11.3 Å². The topological polar surface area (TPSA) is 61.3 Å². The minimum atomic E-state index is -4.39. The maximum atomic E-state index is 12.5. The van der Waals surface area contributed by atoms with E-state index >= 15 is 0 Å². The van der Waals surface area contributed by atoms with E-state index in [1.54, 1.807) is 6.07 Å². The molecule has 4 nitrogen and oxygen atoms in total. The highest BCUT2D eigenvalue weighted by atomic mass is 19.4. The molecule has 0 bridgehead atoms. The molecule has 0 aliphatic rings. The zero-order valence-corrected chi connectivity index (χ0v) is 9.78. The van der Waals surface area contributed by atoms with Gasteiger partial charge < -0.3 is 15.0 Å². The first-order valence-corrected chi connectivity index (χ1v) is 5.43. The van der Waals surface area contributed by atoms with Crippen molar-refractivity contribution in [2.24, 2.45) is 5.73 Å². The average molecular weight is 272 g/mol. The van der Waals surface area contributed by atoms with Gasteiger partial charge in [-0.15, -0.1) is 0 Å². The fourth-order valence-corrected chi connectivity index (χ4v) is 1.44. The smallest absolute Gasteiger partial charge is 0.416 e. The monoisotopic (exact) mass is 272 g/mol. The van der Waals surface area contributed by atoms with Gasteiger partial charge in [-0.2, -0.15) is 13.2 Å². The Morgan fingerprint density at radius 1 is 1.26 bits per heavy atom. The van der Waals surface area contributed by atoms with E-state index in [0.717, 1.165) is 12.1 Å². The summed E-state index contributed by atoms with van der Waals surface area (Å²) in [5.41, 5.74) is 5.15. The van der Waals surface area contributed by atoms with Crippen molar-refractivity contribution in [3.05, 3.63) is 47.3 Å². The predicted octanol–water partition coefficient (Wildman–Crippen LogP) is 2.73. The normalized spacial score (nSPS) is 11.6. The molecule has 0 unspecified atom stereocenters. The Labute approximate surface area is 106 Å². The number of benzene rings is 1. The molecular weight excluding hydrogens is 261 g/mol. The number of hydrogen-bond donors (Lipinski definition) is 1. The van der Waals surface area contributed by atoms with Gasteiger partial charge in [-0.3, -0.25) is 0 Å². The predicted molar refractivity (Wildman–Crippen MR) is 60.2 cm³/mol. The number of nitrogens with two attached hydrogens (primary N) is 1. The number of rotatable bonds is 4. The van der Waals surface area contributed by atoms with E-state index in [-0.39, 0.29) is 18.9 Å². The molecule has 1 aromatic heterocycles. The molecule has 0 spiro atoms. The highest BCUT2D eigenvalue weighted by molar-refractivity contribution is 5.30. The lowest BCUT2D eigenvalue weighted by Gasteiger charge is -2.09. The van der Waals surface area contributed by atoms with Crippen LogP contribution in [0.1, 0.15) is 17.0 Å². The molecule has 0 aliphatic heterocycles. The zero-order valence-electron chi connectivity index (χ0n) is 9.78. The number of hydrogen-bond acceptors (Lipinski definition) is 4. The molecule has 0 saturated carbocycles. The first-order chi connectivity index (χ1) is 8.99. The molecule has 19 heavy (non-hydrogen) atoms. The molecule has 0 atom stereocenters. The van der Waals surface area contributed by atoms with Crippen LogP contribution in [0, 0.1) is 0 Å². The summed E-state index contributed by atoms with van der Waals surface area (Å²) < 4.78 is 47.6. The summed E-state index contributed by atoms with van der Waals surface area (Å²) in [6.45, 7) is 0.224. The molecule has 7 heteroatoms. The lowest BCUT2D eigenvalue weighted by atomic mass is 10.2. The van der Waals surface area contributed by atoms with Crippen LogP contribution in [-0.4, -0.2) is 5.16 Å². The van der Waals surface area contributed by atoms with Crippen molar-refractivity contribution in [3.63, 3.8) is 0 Å². The second-order valence-electron chi connectivity index (χ2n) is 3.80. The molecule has 1 heterocycles. The Bertz CT molecular complexity index is 552. The van der Waals surface area contributed by atoms with E-state index in [1.165, 1.54) is 12.1 Å². The van der Waals surface area contributed by atoms with E-state index in [0.29, 0.717) is 11.5 Å². The summed E-state index contributed by atoms with van der Waals surface area (Å²) in [7, 11) is 0. The van der Waals surface area contributed by atoms with Gasteiger partial charge in [-0.1, -0.05) is 11.2 Å². The van der Waals surface area contributed by atoms with Gasteiger partial charge in [-0.05, 0) is 18.2 Å². The highest BCUT2D eigenvalue weighted by Crippen LogP contribution is 2.31. The minimum absolute atomic E-state index is 0.00564. The Balaban J connectivity index is 2.03. The molecule has 0 fully saturated rings. The first-order valence-electron chi connectivity index (χ1n) is 5.43. The van der Waals surface area contributed by atoms with Crippen molar-refractivity contribution >= 4 is 0 Å². The summed E-state index contributed by atoms with van der Waals surface area (Å²) in [5.74, 6) is 0.512. The van der Waals surface area contributed by atoms with Crippen molar-refractivity contribution in [1.29, 1.82) is 0 Å². The maximum Gasteiger partial charge on any atom is 0.416 e. The summed E-state index contributed by atoms with van der Waals surface area (Å²) in [4.78, 5) is 0. The number of alkyl halides is 3. The van der Waals surface area contributed by atoms with Crippen molar-refractivity contribution < 1.29 is 22.4 Å². The average Bonchev–Trinajstić information content (AvgIpc) is 2.84. The molecular formula is C12H11F3N2O2. The Morgan fingerprint density at radius 2 is 2.05 bits per heavy atom. The first kappa shape index (κ1) is 13.4. The molecule has 2 rings (SSSR count). The van der Waals surface area contributed by atoms with Crippen molar-refractivity contribution in [2.75, 3.05) is 0 Å². The van der Waals surface area contributed by atoms with Gasteiger partial charge in [0, 0.05) is 12.6 Å². The number of aromatic nitrogens is 1. The van der Waals surface area contributed by atoms with E-state index < -0.39 is 11.7 Å². The third-order valence-corrected chi connectivity index (χ3v) is 2.36. The molecule has 2 aromatic rings. The van der Waals surface area contributed by atoms with E-state index in [4.69, 9.17) is 15.0 Å². The SMILES string of the molecule is NCc1cc(COc2cccc(C(F)(F)F)c2)on1. The fraction of sp³-hybridized carbons (Fsp3) is 0.250. The summed E-state index contributed by atoms with van der Waals surface area (Å²) in [5, 5.41) is 3.64. The van der Waals surface area contributed by atoms with Crippen LogP contribution in [0.5, 0.6) is 5.75 Å². The summed E-state index contributed by atoms with van der Waals surface area (Å²) in [6.07, 6.45) is -4.39. The van der Waals surface area contributed by atoms with Gasteiger partial charge in [0.25, 0.3) is 0 Å². The fourth-order valence-electron chi connectivity index (χ4n) is 1.44. The van der Waals surface area contributed by atoms with Gasteiger partial charge in [0.1, 0.15) is 12.4 Å². The second kappa shape index (κ2) is 5.31. The van der Waals surface area contributed by atoms with Gasteiger partial charge in [0.15, 0.2) is 5.76 Å². The number of ether oxygens (including phenoxy) is 1. The Morgan fingerprint density at radius 3 is 2.68 bits per heavy atom. The molecule has 1 aromatic carbocycles. The van der Waals surface area contributed by atoms with Crippen LogP contribution >= 0.6 is 0 Å². The minimum Gasteiger partial charge on any atom is -0.486 e. The lowest BCUT2D eigenvalue weighted by Crippen LogP contribution is -2.05. The van der Waals surface area contributed by atoms with Gasteiger partial charge in [-0.25, -0.2) is 0 Å². The van der Waals surface area contributed by atoms with Gasteiger partial charge in [0.2, 0.25) is 0 Å². The molecule has 0 amide bonds. The van der Waals surface area contributed by atoms with E-state index in [2.05, 4.69) is 5.16 Å². The molecule has 0 radical (unpaired) electrons. The zero-order chi connectivity index (χ0) is 13.9. The highest BCUT2D eigenvalue weighted by Gasteiger charge is 2.30. The van der Waals surface area contributed by atoms with Crippen molar-refractivity contribution in [1.82, 2.24) is 5.16 Å². The van der Waals surface area contributed by atoms with Crippen LogP contribution in [0.25, 0.3) is 0 Å². The third kappa shape index (κ3) is 3.47. The Kier molecular flexibility index (Phi) is 3.75. The van der Waals surface area contributed by atoms with Crippen molar-refractivity contribution in [2.45, 2.75) is 19.3 Å². The lowest BCUT2D eigenvalue weighted by molar-refractivity contribution is -0.137. The maximum absolute atomic E-state index is 12.5. The Hall–Kier alpha value is -2.02. The molecule has 2 N–H and O–H groups in total. The summed E-state index contributed by atoms with van der Waals surface area (Å²) in [6, 6.07) is 6.22. The van der Waals surface area contributed by atoms with Crippen LogP contribution in [0.15, 0.2) is 34.9 Å². The van der Waals surface area contributed by atoms with Crippen molar-refractivity contribution in [3.8, 4) is 5.75 Å². The molecule has 102 valence electrons.